The van der Waals surface area contributed by atoms with Gasteiger partial charge < -0.3 is 0 Å². The van der Waals surface area contributed by atoms with Crippen molar-refractivity contribution in [2.45, 2.75) is 26.2 Å². The number of H-pyrrole nitrogens is 1. The van der Waals surface area contributed by atoms with Crippen molar-refractivity contribution in [1.29, 1.82) is 0 Å². The first-order valence-electron chi connectivity index (χ1n) is 7.05. The summed E-state index contributed by atoms with van der Waals surface area (Å²) in [4.78, 5) is 12.0. The molecule has 106 valence electrons. The lowest BCUT2D eigenvalue weighted by Gasteiger charge is -2.19. The molecule has 0 atom stereocenters. The van der Waals surface area contributed by atoms with E-state index in [0.29, 0.717) is 5.39 Å². The topological polar surface area (TPSA) is 45.8 Å². The zero-order chi connectivity index (χ0) is 15.0. The molecule has 1 aromatic heterocycles. The summed E-state index contributed by atoms with van der Waals surface area (Å²) in [5.41, 5.74) is 2.90. The largest absolute Gasteiger partial charge is 0.272 e. The molecule has 0 unspecified atom stereocenters. The van der Waals surface area contributed by atoms with Gasteiger partial charge in [-0.3, -0.25) is 4.79 Å². The van der Waals surface area contributed by atoms with Crippen molar-refractivity contribution < 1.29 is 0 Å². The predicted molar refractivity (Wildman–Crippen MR) is 86.5 cm³/mol. The molecule has 1 heterocycles. The van der Waals surface area contributed by atoms with E-state index in [0.717, 1.165) is 16.6 Å². The van der Waals surface area contributed by atoms with E-state index in [1.165, 1.54) is 5.56 Å². The van der Waals surface area contributed by atoms with Gasteiger partial charge in [0.1, 0.15) is 0 Å². The Kier molecular flexibility index (Phi) is 3.13. The molecule has 0 aliphatic heterocycles. The molecule has 0 bridgehead atoms. The van der Waals surface area contributed by atoms with Gasteiger partial charge in [-0.05, 0) is 23.1 Å². The van der Waals surface area contributed by atoms with Crippen molar-refractivity contribution in [3.8, 4) is 11.3 Å². The van der Waals surface area contributed by atoms with Crippen molar-refractivity contribution >= 4 is 10.8 Å². The Bertz CT molecular complexity index is 842. The summed E-state index contributed by atoms with van der Waals surface area (Å²) < 4.78 is 0. The molecular weight excluding hydrogens is 260 g/mol. The van der Waals surface area contributed by atoms with Crippen molar-refractivity contribution in [2.24, 2.45) is 0 Å². The molecule has 0 radical (unpaired) electrons. The summed E-state index contributed by atoms with van der Waals surface area (Å²) in [5.74, 6) is 0. The number of aromatic amines is 1. The smallest absolute Gasteiger partial charge is 0.267 e. The second kappa shape index (κ2) is 4.85. The maximum absolute atomic E-state index is 12.0. The zero-order valence-corrected chi connectivity index (χ0v) is 12.5. The monoisotopic (exact) mass is 278 g/mol. The minimum atomic E-state index is -0.148. The van der Waals surface area contributed by atoms with E-state index in [9.17, 15) is 4.79 Å². The average molecular weight is 278 g/mol. The highest BCUT2D eigenvalue weighted by Crippen LogP contribution is 2.29. The van der Waals surface area contributed by atoms with Crippen LogP contribution < -0.4 is 5.56 Å². The lowest BCUT2D eigenvalue weighted by molar-refractivity contribution is 0.591. The number of hydrogen-bond acceptors (Lipinski definition) is 2. The predicted octanol–water partition coefficient (Wildman–Crippen LogP) is 3.89. The van der Waals surface area contributed by atoms with Crippen LogP contribution in [0.15, 0.2) is 53.3 Å². The van der Waals surface area contributed by atoms with E-state index < -0.39 is 0 Å². The summed E-state index contributed by atoms with van der Waals surface area (Å²) >= 11 is 0. The molecule has 0 fully saturated rings. The van der Waals surface area contributed by atoms with Gasteiger partial charge in [-0.25, -0.2) is 5.10 Å². The fourth-order valence-corrected chi connectivity index (χ4v) is 2.45. The zero-order valence-electron chi connectivity index (χ0n) is 12.5. The number of nitrogens with one attached hydrogen (secondary N) is 1. The first kappa shape index (κ1) is 13.6. The Morgan fingerprint density at radius 1 is 0.952 bits per heavy atom. The number of benzene rings is 2. The van der Waals surface area contributed by atoms with Gasteiger partial charge in [-0.1, -0.05) is 57.2 Å². The van der Waals surface area contributed by atoms with Gasteiger partial charge in [0.15, 0.2) is 0 Å². The van der Waals surface area contributed by atoms with Gasteiger partial charge in [-0.2, -0.15) is 5.10 Å². The molecule has 3 rings (SSSR count). The molecule has 0 aliphatic carbocycles. The average Bonchev–Trinajstić information content (AvgIpc) is 2.47. The van der Waals surface area contributed by atoms with Crippen LogP contribution in [0, 0.1) is 0 Å². The Balaban J connectivity index is 2.35. The van der Waals surface area contributed by atoms with Crippen LogP contribution in [0.4, 0.5) is 0 Å². The lowest BCUT2D eigenvalue weighted by Crippen LogP contribution is -2.13. The van der Waals surface area contributed by atoms with Crippen LogP contribution in [0.2, 0.25) is 0 Å². The first-order valence-corrected chi connectivity index (χ1v) is 7.05. The highest BCUT2D eigenvalue weighted by atomic mass is 16.1. The SMILES string of the molecule is CC(C)(C)c1ccc2c(=O)[nH]nc(-c3ccccc3)c2c1. The maximum Gasteiger partial charge on any atom is 0.272 e. The van der Waals surface area contributed by atoms with Crippen LogP contribution in [0.25, 0.3) is 22.0 Å². The fraction of sp³-hybridized carbons (Fsp3) is 0.222. The Hall–Kier alpha value is -2.42. The molecule has 0 spiro atoms. The van der Waals surface area contributed by atoms with E-state index in [2.05, 4.69) is 37.0 Å². The molecule has 0 aliphatic rings. The highest BCUT2D eigenvalue weighted by molar-refractivity contribution is 5.94. The number of hydrogen-bond donors (Lipinski definition) is 1. The molecule has 3 aromatic rings. The standard InChI is InChI=1S/C18H18N2O/c1-18(2,3)13-9-10-14-15(11-13)16(19-20-17(14)21)12-7-5-4-6-8-12/h4-11H,1-3H3,(H,20,21). The summed E-state index contributed by atoms with van der Waals surface area (Å²) in [6, 6.07) is 15.9. The normalized spacial score (nSPS) is 11.8. The van der Waals surface area contributed by atoms with Crippen molar-refractivity contribution in [3.05, 3.63) is 64.4 Å². The van der Waals surface area contributed by atoms with Crippen LogP contribution in [0.3, 0.4) is 0 Å². The van der Waals surface area contributed by atoms with E-state index in [-0.39, 0.29) is 11.0 Å². The van der Waals surface area contributed by atoms with Gasteiger partial charge in [-0.15, -0.1) is 0 Å². The molecule has 0 amide bonds. The molecule has 3 heteroatoms. The Morgan fingerprint density at radius 3 is 2.33 bits per heavy atom. The van der Waals surface area contributed by atoms with E-state index in [4.69, 9.17) is 0 Å². The molecular formula is C18H18N2O. The highest BCUT2D eigenvalue weighted by Gasteiger charge is 2.16. The Morgan fingerprint density at radius 2 is 1.67 bits per heavy atom. The van der Waals surface area contributed by atoms with Gasteiger partial charge in [0, 0.05) is 10.9 Å². The third-order valence-corrected chi connectivity index (χ3v) is 3.70. The quantitative estimate of drug-likeness (QED) is 0.734. The van der Waals surface area contributed by atoms with Crippen LogP contribution in [-0.4, -0.2) is 10.2 Å². The molecule has 1 N–H and O–H groups in total. The molecule has 2 aromatic carbocycles. The van der Waals surface area contributed by atoms with E-state index >= 15 is 0 Å². The molecule has 0 saturated carbocycles. The van der Waals surface area contributed by atoms with Crippen LogP contribution in [-0.2, 0) is 5.41 Å². The summed E-state index contributed by atoms with van der Waals surface area (Å²) in [6.07, 6.45) is 0. The maximum atomic E-state index is 12.0. The number of aromatic nitrogens is 2. The summed E-state index contributed by atoms with van der Waals surface area (Å²) in [5, 5.41) is 8.43. The third-order valence-electron chi connectivity index (χ3n) is 3.70. The fourth-order valence-electron chi connectivity index (χ4n) is 2.45. The molecule has 0 saturated heterocycles. The van der Waals surface area contributed by atoms with E-state index in [1.54, 1.807) is 0 Å². The summed E-state index contributed by atoms with van der Waals surface area (Å²) in [6.45, 7) is 6.49. The number of fused-ring (bicyclic) bond motifs is 1. The number of rotatable bonds is 1. The van der Waals surface area contributed by atoms with Crippen molar-refractivity contribution in [2.75, 3.05) is 0 Å². The second-order valence-electron chi connectivity index (χ2n) is 6.28. The molecule has 21 heavy (non-hydrogen) atoms. The molecule has 3 nitrogen and oxygen atoms in total. The van der Waals surface area contributed by atoms with Crippen molar-refractivity contribution in [3.63, 3.8) is 0 Å². The van der Waals surface area contributed by atoms with Crippen LogP contribution in [0.1, 0.15) is 26.3 Å². The van der Waals surface area contributed by atoms with Crippen LogP contribution in [0.5, 0.6) is 0 Å². The Labute approximate surface area is 123 Å². The van der Waals surface area contributed by atoms with Crippen molar-refractivity contribution in [1.82, 2.24) is 10.2 Å². The van der Waals surface area contributed by atoms with Crippen LogP contribution >= 0.6 is 0 Å². The van der Waals surface area contributed by atoms with Gasteiger partial charge >= 0.3 is 0 Å². The third kappa shape index (κ3) is 2.47. The number of nitrogens with zero attached hydrogens (tertiary/aromatic N) is 1. The minimum Gasteiger partial charge on any atom is -0.267 e. The lowest BCUT2D eigenvalue weighted by atomic mass is 9.85. The van der Waals surface area contributed by atoms with Gasteiger partial charge in [0.2, 0.25) is 0 Å². The second-order valence-corrected chi connectivity index (χ2v) is 6.28. The van der Waals surface area contributed by atoms with Gasteiger partial charge in [0.25, 0.3) is 5.56 Å². The van der Waals surface area contributed by atoms with E-state index in [1.807, 2.05) is 42.5 Å². The summed E-state index contributed by atoms with van der Waals surface area (Å²) in [7, 11) is 0. The van der Waals surface area contributed by atoms with Gasteiger partial charge in [0.05, 0.1) is 11.1 Å². The first-order chi connectivity index (χ1) is 9.97. The minimum absolute atomic E-state index is 0.0325.